The topological polar surface area (TPSA) is 90.5 Å². The third-order valence-electron chi connectivity index (χ3n) is 3.28. The van der Waals surface area contributed by atoms with Crippen LogP contribution in [-0.2, 0) is 0 Å². The predicted octanol–water partition coefficient (Wildman–Crippen LogP) is 2.50. The van der Waals surface area contributed by atoms with E-state index in [1.807, 2.05) is 27.7 Å². The molecule has 0 heterocycles. The van der Waals surface area contributed by atoms with E-state index in [9.17, 15) is 14.7 Å². The molecule has 0 saturated heterocycles. The third kappa shape index (κ3) is 7.15. The molecule has 0 bridgehead atoms. The number of carbonyl (C=O) groups excluding carboxylic acids is 2. The van der Waals surface area contributed by atoms with E-state index in [1.165, 1.54) is 0 Å². The van der Waals surface area contributed by atoms with Crippen LogP contribution in [-0.4, -0.2) is 34.7 Å². The van der Waals surface area contributed by atoms with E-state index in [2.05, 4.69) is 16.0 Å². The summed E-state index contributed by atoms with van der Waals surface area (Å²) < 4.78 is 0. The van der Waals surface area contributed by atoms with Gasteiger partial charge in [0.1, 0.15) is 0 Å². The van der Waals surface area contributed by atoms with Gasteiger partial charge in [0.15, 0.2) is 0 Å². The Balaban J connectivity index is 2.57. The number of benzene rings is 1. The first-order chi connectivity index (χ1) is 10.5. The number of hydrogen-bond donors (Lipinski definition) is 4. The smallest absolute Gasteiger partial charge is 0.319 e. The van der Waals surface area contributed by atoms with Gasteiger partial charge in [-0.3, -0.25) is 4.79 Å². The Morgan fingerprint density at radius 1 is 1.09 bits per heavy atom. The molecule has 6 heteroatoms. The SMILES string of the molecule is CCC(C)(O)CNC(=O)Nc1ccc(C(=O)NC(C)(C)C)cc1. The first kappa shape index (κ1) is 19.0. The Labute approximate surface area is 137 Å². The van der Waals surface area contributed by atoms with Crippen LogP contribution in [0.2, 0.25) is 0 Å². The highest BCUT2D eigenvalue weighted by Gasteiger charge is 2.18. The summed E-state index contributed by atoms with van der Waals surface area (Å²) in [5, 5.41) is 18.0. The standard InChI is InChI=1S/C17H27N3O3/c1-6-17(5,23)11-18-15(22)19-13-9-7-12(8-10-13)14(21)20-16(2,3)4/h7-10,23H,6,11H2,1-5H3,(H,20,21)(H2,18,19,22). The third-order valence-corrected chi connectivity index (χ3v) is 3.28. The van der Waals surface area contributed by atoms with Gasteiger partial charge in [-0.25, -0.2) is 4.79 Å². The lowest BCUT2D eigenvalue weighted by Gasteiger charge is -2.21. The van der Waals surface area contributed by atoms with E-state index in [1.54, 1.807) is 31.2 Å². The first-order valence-corrected chi connectivity index (χ1v) is 7.72. The van der Waals surface area contributed by atoms with Crippen LogP contribution in [0.15, 0.2) is 24.3 Å². The average Bonchev–Trinajstić information content (AvgIpc) is 2.44. The minimum absolute atomic E-state index is 0.160. The van der Waals surface area contributed by atoms with Gasteiger partial charge in [0.2, 0.25) is 0 Å². The van der Waals surface area contributed by atoms with Crippen molar-refractivity contribution in [2.75, 3.05) is 11.9 Å². The molecule has 0 aromatic heterocycles. The summed E-state index contributed by atoms with van der Waals surface area (Å²) in [6.07, 6.45) is 0.546. The van der Waals surface area contributed by atoms with E-state index >= 15 is 0 Å². The fraction of sp³-hybridized carbons (Fsp3) is 0.529. The summed E-state index contributed by atoms with van der Waals surface area (Å²) in [5.74, 6) is -0.160. The zero-order chi connectivity index (χ0) is 17.7. The van der Waals surface area contributed by atoms with E-state index in [0.29, 0.717) is 17.7 Å². The molecule has 3 amide bonds. The van der Waals surface area contributed by atoms with Crippen molar-refractivity contribution in [2.45, 2.75) is 52.2 Å². The monoisotopic (exact) mass is 321 g/mol. The van der Waals surface area contributed by atoms with Gasteiger partial charge in [0, 0.05) is 23.3 Å². The zero-order valence-electron chi connectivity index (χ0n) is 14.5. The van der Waals surface area contributed by atoms with Crippen LogP contribution in [0.3, 0.4) is 0 Å². The lowest BCUT2D eigenvalue weighted by molar-refractivity contribution is 0.0587. The second-order valence-electron chi connectivity index (χ2n) is 6.94. The Kier molecular flexibility index (Phi) is 6.15. The fourth-order valence-electron chi connectivity index (χ4n) is 1.69. The Morgan fingerprint density at radius 3 is 2.13 bits per heavy atom. The lowest BCUT2D eigenvalue weighted by Crippen LogP contribution is -2.41. The van der Waals surface area contributed by atoms with Crippen LogP contribution >= 0.6 is 0 Å². The fourth-order valence-corrected chi connectivity index (χ4v) is 1.69. The van der Waals surface area contributed by atoms with Gasteiger partial charge in [-0.05, 0) is 58.4 Å². The molecule has 1 aromatic carbocycles. The average molecular weight is 321 g/mol. The molecular weight excluding hydrogens is 294 g/mol. The van der Waals surface area contributed by atoms with Gasteiger partial charge in [0.05, 0.1) is 5.60 Å². The van der Waals surface area contributed by atoms with Crippen molar-refractivity contribution in [3.8, 4) is 0 Å². The van der Waals surface area contributed by atoms with Gasteiger partial charge in [-0.1, -0.05) is 6.92 Å². The summed E-state index contributed by atoms with van der Waals surface area (Å²) in [6, 6.07) is 6.23. The minimum atomic E-state index is -0.924. The molecule has 4 N–H and O–H groups in total. The Bertz CT molecular complexity index is 545. The van der Waals surface area contributed by atoms with E-state index in [-0.39, 0.29) is 18.0 Å². The Morgan fingerprint density at radius 2 is 1.65 bits per heavy atom. The van der Waals surface area contributed by atoms with Gasteiger partial charge in [0.25, 0.3) is 5.91 Å². The summed E-state index contributed by atoms with van der Waals surface area (Å²) >= 11 is 0. The second kappa shape index (κ2) is 7.46. The molecule has 1 rings (SSSR count). The molecule has 0 aliphatic heterocycles. The van der Waals surface area contributed by atoms with Gasteiger partial charge >= 0.3 is 6.03 Å². The highest BCUT2D eigenvalue weighted by Crippen LogP contribution is 2.11. The number of aliphatic hydroxyl groups is 1. The Hall–Kier alpha value is -2.08. The van der Waals surface area contributed by atoms with Gasteiger partial charge in [-0.2, -0.15) is 0 Å². The summed E-state index contributed by atoms with van der Waals surface area (Å²) in [7, 11) is 0. The van der Waals surface area contributed by atoms with Crippen molar-refractivity contribution in [1.82, 2.24) is 10.6 Å². The number of anilines is 1. The first-order valence-electron chi connectivity index (χ1n) is 7.72. The van der Waals surface area contributed by atoms with Gasteiger partial charge < -0.3 is 21.1 Å². The zero-order valence-corrected chi connectivity index (χ0v) is 14.5. The van der Waals surface area contributed by atoms with Gasteiger partial charge in [-0.15, -0.1) is 0 Å². The molecule has 0 radical (unpaired) electrons. The van der Waals surface area contributed by atoms with Crippen LogP contribution in [0, 0.1) is 0 Å². The number of carbonyl (C=O) groups is 2. The number of urea groups is 1. The maximum atomic E-state index is 12.0. The molecular formula is C17H27N3O3. The lowest BCUT2D eigenvalue weighted by atomic mass is 10.0. The summed E-state index contributed by atoms with van der Waals surface area (Å²) in [5.41, 5.74) is -0.123. The molecule has 6 nitrogen and oxygen atoms in total. The molecule has 0 spiro atoms. The van der Waals surface area contributed by atoms with Crippen molar-refractivity contribution in [3.05, 3.63) is 29.8 Å². The molecule has 0 saturated carbocycles. The van der Waals surface area contributed by atoms with Crippen LogP contribution in [0.1, 0.15) is 51.4 Å². The van der Waals surface area contributed by atoms with Crippen LogP contribution in [0.25, 0.3) is 0 Å². The number of amides is 3. The van der Waals surface area contributed by atoms with E-state index in [4.69, 9.17) is 0 Å². The van der Waals surface area contributed by atoms with Crippen molar-refractivity contribution < 1.29 is 14.7 Å². The van der Waals surface area contributed by atoms with Crippen LogP contribution < -0.4 is 16.0 Å². The van der Waals surface area contributed by atoms with Crippen LogP contribution in [0.4, 0.5) is 10.5 Å². The highest BCUT2D eigenvalue weighted by molar-refractivity contribution is 5.95. The minimum Gasteiger partial charge on any atom is -0.388 e. The number of nitrogens with one attached hydrogen (secondary N) is 3. The predicted molar refractivity (Wildman–Crippen MR) is 91.6 cm³/mol. The molecule has 128 valence electrons. The van der Waals surface area contributed by atoms with Crippen molar-refractivity contribution in [3.63, 3.8) is 0 Å². The molecule has 1 atom stereocenters. The molecule has 0 aliphatic rings. The van der Waals surface area contributed by atoms with E-state index < -0.39 is 11.6 Å². The van der Waals surface area contributed by atoms with Crippen molar-refractivity contribution in [2.24, 2.45) is 0 Å². The maximum absolute atomic E-state index is 12.0. The summed E-state index contributed by atoms with van der Waals surface area (Å²) in [6.45, 7) is 9.42. The van der Waals surface area contributed by atoms with Crippen LogP contribution in [0.5, 0.6) is 0 Å². The van der Waals surface area contributed by atoms with E-state index in [0.717, 1.165) is 0 Å². The quantitative estimate of drug-likeness (QED) is 0.671. The molecule has 1 aromatic rings. The highest BCUT2D eigenvalue weighted by atomic mass is 16.3. The largest absolute Gasteiger partial charge is 0.388 e. The van der Waals surface area contributed by atoms with Crippen molar-refractivity contribution >= 4 is 17.6 Å². The summed E-state index contributed by atoms with van der Waals surface area (Å²) in [4.78, 5) is 23.8. The molecule has 23 heavy (non-hydrogen) atoms. The van der Waals surface area contributed by atoms with Crippen molar-refractivity contribution in [1.29, 1.82) is 0 Å². The molecule has 1 unspecified atom stereocenters. The second-order valence-corrected chi connectivity index (χ2v) is 6.94. The molecule has 0 aliphatic carbocycles. The molecule has 0 fully saturated rings. The number of hydrogen-bond acceptors (Lipinski definition) is 3. The normalized spacial score (nSPS) is 13.8. The number of rotatable bonds is 5. The maximum Gasteiger partial charge on any atom is 0.319 e.